The predicted molar refractivity (Wildman–Crippen MR) is 111 cm³/mol. The van der Waals surface area contributed by atoms with Crippen LogP contribution >= 0.6 is 0 Å². The average Bonchev–Trinajstić information content (AvgIpc) is 2.67. The first kappa shape index (κ1) is 20.4. The fourth-order valence-electron chi connectivity index (χ4n) is 3.40. The highest BCUT2D eigenvalue weighted by Crippen LogP contribution is 2.40. The molecule has 1 N–H and O–H groups in total. The van der Waals surface area contributed by atoms with Gasteiger partial charge in [0.05, 0.1) is 0 Å². The maximum absolute atomic E-state index is 6.64. The number of allylic oxidation sites excluding steroid dienone is 1. The first-order valence-electron chi connectivity index (χ1n) is 9.70. The van der Waals surface area contributed by atoms with E-state index in [-0.39, 0.29) is 5.92 Å². The quantitative estimate of drug-likeness (QED) is 0.448. The molecule has 0 aliphatic heterocycles. The second kappa shape index (κ2) is 10.3. The van der Waals surface area contributed by atoms with Crippen LogP contribution in [-0.2, 0) is 10.3 Å². The highest BCUT2D eigenvalue weighted by molar-refractivity contribution is 5.37. The van der Waals surface area contributed by atoms with Gasteiger partial charge in [-0.3, -0.25) is 0 Å². The lowest BCUT2D eigenvalue weighted by molar-refractivity contribution is -0.0564. The molecule has 0 radical (unpaired) electrons. The van der Waals surface area contributed by atoms with Gasteiger partial charge in [-0.25, -0.2) is 0 Å². The van der Waals surface area contributed by atoms with E-state index in [9.17, 15) is 0 Å². The van der Waals surface area contributed by atoms with Crippen molar-refractivity contribution in [3.8, 4) is 0 Å². The molecule has 1 atom stereocenters. The zero-order chi connectivity index (χ0) is 18.8. The Hall–Kier alpha value is -1.90. The minimum atomic E-state index is -0.448. The number of hydrogen-bond acceptors (Lipinski definition) is 2. The molecule has 0 heterocycles. The molecule has 26 heavy (non-hydrogen) atoms. The molecule has 2 aromatic rings. The summed E-state index contributed by atoms with van der Waals surface area (Å²) < 4.78 is 6.64. The fraction of sp³-hybridized carbons (Fsp3) is 0.417. The Morgan fingerprint density at radius 3 is 2.00 bits per heavy atom. The molecule has 0 saturated carbocycles. The SMILES string of the molecule is CCCOC(c1ccccc1)(c1ccccc1)C(C)CNCC=C(C)C. The lowest BCUT2D eigenvalue weighted by Crippen LogP contribution is -2.43. The normalized spacial score (nSPS) is 12.6. The minimum Gasteiger partial charge on any atom is -0.365 e. The maximum Gasteiger partial charge on any atom is 0.122 e. The Balaban J connectivity index is 2.40. The van der Waals surface area contributed by atoms with Gasteiger partial charge in [-0.15, -0.1) is 0 Å². The third kappa shape index (κ3) is 5.06. The van der Waals surface area contributed by atoms with E-state index in [1.54, 1.807) is 0 Å². The number of hydrogen-bond donors (Lipinski definition) is 1. The molecule has 2 nitrogen and oxygen atoms in total. The van der Waals surface area contributed by atoms with E-state index in [4.69, 9.17) is 4.74 Å². The Kier molecular flexibility index (Phi) is 8.08. The van der Waals surface area contributed by atoms with E-state index in [1.165, 1.54) is 16.7 Å². The Bertz CT molecular complexity index is 620. The Labute approximate surface area is 159 Å². The molecular weight excluding hydrogens is 318 g/mol. The van der Waals surface area contributed by atoms with E-state index < -0.39 is 5.60 Å². The van der Waals surface area contributed by atoms with Crippen molar-refractivity contribution in [1.29, 1.82) is 0 Å². The topological polar surface area (TPSA) is 21.3 Å². The zero-order valence-electron chi connectivity index (χ0n) is 16.7. The molecule has 0 spiro atoms. The van der Waals surface area contributed by atoms with Crippen LogP contribution < -0.4 is 5.32 Å². The first-order chi connectivity index (χ1) is 12.6. The molecule has 2 rings (SSSR count). The van der Waals surface area contributed by atoms with Crippen LogP contribution in [0.5, 0.6) is 0 Å². The summed E-state index contributed by atoms with van der Waals surface area (Å²) in [6, 6.07) is 21.3. The van der Waals surface area contributed by atoms with Crippen molar-refractivity contribution in [1.82, 2.24) is 5.32 Å². The van der Waals surface area contributed by atoms with Crippen molar-refractivity contribution in [3.63, 3.8) is 0 Å². The summed E-state index contributed by atoms with van der Waals surface area (Å²) in [5.74, 6) is 0.282. The highest BCUT2D eigenvalue weighted by atomic mass is 16.5. The zero-order valence-corrected chi connectivity index (χ0v) is 16.7. The van der Waals surface area contributed by atoms with Gasteiger partial charge >= 0.3 is 0 Å². The van der Waals surface area contributed by atoms with E-state index in [1.807, 2.05) is 0 Å². The second-order valence-electron chi connectivity index (χ2n) is 7.16. The molecule has 140 valence electrons. The van der Waals surface area contributed by atoms with Crippen molar-refractivity contribution in [2.75, 3.05) is 19.7 Å². The van der Waals surface area contributed by atoms with Gasteiger partial charge in [-0.2, -0.15) is 0 Å². The Morgan fingerprint density at radius 2 is 1.54 bits per heavy atom. The van der Waals surface area contributed by atoms with Gasteiger partial charge in [0, 0.05) is 25.6 Å². The first-order valence-corrected chi connectivity index (χ1v) is 9.70. The summed E-state index contributed by atoms with van der Waals surface area (Å²) in [7, 11) is 0. The summed E-state index contributed by atoms with van der Waals surface area (Å²) in [6.45, 7) is 11.2. The number of rotatable bonds is 10. The lowest BCUT2D eigenvalue weighted by Gasteiger charge is -2.40. The lowest BCUT2D eigenvalue weighted by atomic mass is 9.76. The Morgan fingerprint density at radius 1 is 1.00 bits per heavy atom. The van der Waals surface area contributed by atoms with Crippen LogP contribution in [0.15, 0.2) is 72.3 Å². The van der Waals surface area contributed by atoms with Crippen molar-refractivity contribution in [2.45, 2.75) is 39.7 Å². The second-order valence-corrected chi connectivity index (χ2v) is 7.16. The van der Waals surface area contributed by atoms with Crippen molar-refractivity contribution < 1.29 is 4.74 Å². The summed E-state index contributed by atoms with van der Waals surface area (Å²) >= 11 is 0. The van der Waals surface area contributed by atoms with Crippen LogP contribution in [0.1, 0.15) is 45.2 Å². The number of benzene rings is 2. The molecule has 2 heteroatoms. The summed E-state index contributed by atoms with van der Waals surface area (Å²) in [4.78, 5) is 0. The molecule has 0 bridgehead atoms. The highest BCUT2D eigenvalue weighted by Gasteiger charge is 2.40. The van der Waals surface area contributed by atoms with Gasteiger partial charge in [0.15, 0.2) is 0 Å². The van der Waals surface area contributed by atoms with Gasteiger partial charge in [0.25, 0.3) is 0 Å². The largest absolute Gasteiger partial charge is 0.365 e. The molecule has 0 aliphatic carbocycles. The summed E-state index contributed by atoms with van der Waals surface area (Å²) in [5, 5.41) is 3.58. The van der Waals surface area contributed by atoms with Crippen LogP contribution in [0.25, 0.3) is 0 Å². The number of ether oxygens (including phenoxy) is 1. The molecular formula is C24H33NO. The van der Waals surface area contributed by atoms with Crippen LogP contribution in [0.3, 0.4) is 0 Å². The van der Waals surface area contributed by atoms with Crippen LogP contribution in [0, 0.1) is 5.92 Å². The van der Waals surface area contributed by atoms with Gasteiger partial charge in [0.2, 0.25) is 0 Å². The molecule has 0 amide bonds. The third-order valence-electron chi connectivity index (χ3n) is 4.74. The maximum atomic E-state index is 6.64. The van der Waals surface area contributed by atoms with Crippen LogP contribution in [0.4, 0.5) is 0 Å². The summed E-state index contributed by atoms with van der Waals surface area (Å²) in [6.07, 6.45) is 3.23. The summed E-state index contributed by atoms with van der Waals surface area (Å²) in [5.41, 5.74) is 3.33. The van der Waals surface area contributed by atoms with Gasteiger partial charge in [0.1, 0.15) is 5.60 Å². The molecule has 2 aromatic carbocycles. The van der Waals surface area contributed by atoms with E-state index in [2.05, 4.69) is 99.8 Å². The van der Waals surface area contributed by atoms with E-state index in [0.717, 1.165) is 26.1 Å². The molecule has 0 aromatic heterocycles. The predicted octanol–water partition coefficient (Wildman–Crippen LogP) is 5.55. The third-order valence-corrected chi connectivity index (χ3v) is 4.74. The monoisotopic (exact) mass is 351 g/mol. The fourth-order valence-corrected chi connectivity index (χ4v) is 3.40. The molecule has 0 aliphatic rings. The van der Waals surface area contributed by atoms with Crippen molar-refractivity contribution in [2.24, 2.45) is 5.92 Å². The van der Waals surface area contributed by atoms with E-state index in [0.29, 0.717) is 0 Å². The standard InChI is InChI=1S/C24H33NO/c1-5-18-26-24(22-12-8-6-9-13-22,23-14-10-7-11-15-23)21(4)19-25-17-16-20(2)3/h6-16,21,25H,5,17-19H2,1-4H3. The van der Waals surface area contributed by atoms with Crippen molar-refractivity contribution in [3.05, 3.63) is 83.4 Å². The minimum absolute atomic E-state index is 0.282. The molecule has 1 unspecified atom stereocenters. The van der Waals surface area contributed by atoms with Gasteiger partial charge < -0.3 is 10.1 Å². The van der Waals surface area contributed by atoms with Gasteiger partial charge in [-0.1, -0.05) is 86.2 Å². The van der Waals surface area contributed by atoms with Gasteiger partial charge in [-0.05, 0) is 31.4 Å². The van der Waals surface area contributed by atoms with Crippen molar-refractivity contribution >= 4 is 0 Å². The number of nitrogens with one attached hydrogen (secondary N) is 1. The van der Waals surface area contributed by atoms with Crippen LogP contribution in [-0.4, -0.2) is 19.7 Å². The molecule has 0 fully saturated rings. The average molecular weight is 352 g/mol. The van der Waals surface area contributed by atoms with Crippen LogP contribution in [0.2, 0.25) is 0 Å². The molecule has 0 saturated heterocycles. The van der Waals surface area contributed by atoms with E-state index >= 15 is 0 Å². The smallest absolute Gasteiger partial charge is 0.122 e.